The summed E-state index contributed by atoms with van der Waals surface area (Å²) in [6, 6.07) is -0.836. The van der Waals surface area contributed by atoms with Gasteiger partial charge in [0.15, 0.2) is 6.29 Å². The first-order valence-corrected chi connectivity index (χ1v) is 31.1. The normalized spacial score (nSPS) is 19.2. The molecule has 6 N–H and O–H groups in total. The molecule has 7 unspecified atom stereocenters. The van der Waals surface area contributed by atoms with Crippen LogP contribution < -0.4 is 5.32 Å². The van der Waals surface area contributed by atoms with Gasteiger partial charge in [0.2, 0.25) is 5.91 Å². The maximum absolute atomic E-state index is 13.0. The molecule has 0 radical (unpaired) electrons. The summed E-state index contributed by atoms with van der Waals surface area (Å²) in [5.74, 6) is -0.220. The average molecular weight is 1060 g/mol. The number of ether oxygens (including phenoxy) is 3. The molecule has 0 spiro atoms. The van der Waals surface area contributed by atoms with Crippen molar-refractivity contribution in [2.45, 2.75) is 314 Å². The van der Waals surface area contributed by atoms with E-state index in [1.165, 1.54) is 154 Å². The number of aliphatic hydroxyl groups excluding tert-OH is 5. The quantitative estimate of drug-likeness (QED) is 0.0195. The highest BCUT2D eigenvalue weighted by atomic mass is 16.7. The van der Waals surface area contributed by atoms with Crippen molar-refractivity contribution < 1.29 is 49.3 Å². The van der Waals surface area contributed by atoms with Crippen molar-refractivity contribution in [1.29, 1.82) is 0 Å². The van der Waals surface area contributed by atoms with Gasteiger partial charge >= 0.3 is 5.97 Å². The summed E-state index contributed by atoms with van der Waals surface area (Å²) in [5.41, 5.74) is 0. The van der Waals surface area contributed by atoms with Gasteiger partial charge in [0.25, 0.3) is 0 Å². The van der Waals surface area contributed by atoms with Gasteiger partial charge in [-0.1, -0.05) is 216 Å². The van der Waals surface area contributed by atoms with Crippen molar-refractivity contribution in [1.82, 2.24) is 5.32 Å². The van der Waals surface area contributed by atoms with Crippen molar-refractivity contribution in [2.75, 3.05) is 19.8 Å². The fourth-order valence-electron chi connectivity index (χ4n) is 9.36. The van der Waals surface area contributed by atoms with Gasteiger partial charge in [-0.05, 0) is 103 Å². The van der Waals surface area contributed by atoms with Crippen LogP contribution in [0.4, 0.5) is 0 Å². The lowest BCUT2D eigenvalue weighted by molar-refractivity contribution is -0.302. The molecule has 11 heteroatoms. The molecule has 75 heavy (non-hydrogen) atoms. The van der Waals surface area contributed by atoms with Crippen LogP contribution in [0.3, 0.4) is 0 Å². The van der Waals surface area contributed by atoms with Crippen LogP contribution in [0.1, 0.15) is 271 Å². The van der Waals surface area contributed by atoms with Crippen molar-refractivity contribution in [2.24, 2.45) is 0 Å². The van der Waals surface area contributed by atoms with Crippen LogP contribution in [0.25, 0.3) is 0 Å². The summed E-state index contributed by atoms with van der Waals surface area (Å²) >= 11 is 0. The van der Waals surface area contributed by atoms with Crippen LogP contribution >= 0.6 is 0 Å². The highest BCUT2D eigenvalue weighted by Crippen LogP contribution is 2.23. The second kappa shape index (κ2) is 53.4. The first kappa shape index (κ1) is 70.4. The summed E-state index contributed by atoms with van der Waals surface area (Å²) in [6.45, 7) is 4.27. The first-order valence-electron chi connectivity index (χ1n) is 31.1. The Labute approximate surface area is 458 Å². The van der Waals surface area contributed by atoms with Crippen LogP contribution in [0.15, 0.2) is 60.8 Å². The lowest BCUT2D eigenvalue weighted by Gasteiger charge is -2.40. The molecule has 1 heterocycles. The Morgan fingerprint density at radius 1 is 0.493 bits per heavy atom. The van der Waals surface area contributed by atoms with Gasteiger partial charge in [0.1, 0.15) is 24.4 Å². The highest BCUT2D eigenvalue weighted by Gasteiger charge is 2.44. The number of carbonyl (C=O) groups is 2. The summed E-state index contributed by atoms with van der Waals surface area (Å²) in [6.07, 6.45) is 58.9. The van der Waals surface area contributed by atoms with E-state index in [1.54, 1.807) is 6.08 Å². The predicted molar refractivity (Wildman–Crippen MR) is 310 cm³/mol. The number of carbonyl (C=O) groups excluding carboxylic acids is 2. The molecular formula is C64H115NO10. The number of hydrogen-bond donors (Lipinski definition) is 6. The molecule has 7 atom stereocenters. The third kappa shape index (κ3) is 43.0. The highest BCUT2D eigenvalue weighted by molar-refractivity contribution is 5.76. The SMILES string of the molecule is CCCCC/C=C\CCCCCCCC(=O)OCCCCCCCCCCC/C=C\C/C=C\CCCCCCCCCC(=O)NC(COC1OC(CO)C(O)C(O)C1O)C(O)/C=C/CC/C=C/CCCCCCCC. The monoisotopic (exact) mass is 1060 g/mol. The lowest BCUT2D eigenvalue weighted by atomic mass is 9.99. The Hall–Kier alpha value is -2.64. The fourth-order valence-corrected chi connectivity index (χ4v) is 9.36. The van der Waals surface area contributed by atoms with Gasteiger partial charge in [-0.2, -0.15) is 0 Å². The summed E-state index contributed by atoms with van der Waals surface area (Å²) in [7, 11) is 0. The minimum atomic E-state index is -1.58. The Morgan fingerprint density at radius 3 is 1.43 bits per heavy atom. The average Bonchev–Trinajstić information content (AvgIpc) is 3.41. The van der Waals surface area contributed by atoms with E-state index >= 15 is 0 Å². The predicted octanol–water partition coefficient (Wildman–Crippen LogP) is 14.6. The largest absolute Gasteiger partial charge is 0.466 e. The van der Waals surface area contributed by atoms with E-state index in [-0.39, 0.29) is 18.5 Å². The van der Waals surface area contributed by atoms with Crippen LogP contribution in [0, 0.1) is 0 Å². The molecule has 0 aliphatic carbocycles. The number of aliphatic hydroxyl groups is 5. The number of amides is 1. The molecule has 1 rings (SSSR count). The molecule has 0 aromatic rings. The van der Waals surface area contributed by atoms with Gasteiger partial charge in [0.05, 0.1) is 32.0 Å². The van der Waals surface area contributed by atoms with Crippen LogP contribution in [-0.2, 0) is 23.8 Å². The lowest BCUT2D eigenvalue weighted by Crippen LogP contribution is -2.60. The second-order valence-electron chi connectivity index (χ2n) is 21.4. The smallest absolute Gasteiger partial charge is 0.305 e. The molecule has 1 fully saturated rings. The Kier molecular flexibility index (Phi) is 50.1. The van der Waals surface area contributed by atoms with E-state index in [0.29, 0.717) is 19.4 Å². The minimum absolute atomic E-state index is 0.0160. The van der Waals surface area contributed by atoms with Gasteiger partial charge in [0, 0.05) is 12.8 Å². The Bertz CT molecular complexity index is 1430. The summed E-state index contributed by atoms with van der Waals surface area (Å²) in [5, 5.41) is 54.3. The third-order valence-electron chi connectivity index (χ3n) is 14.3. The van der Waals surface area contributed by atoms with Crippen molar-refractivity contribution in [3.8, 4) is 0 Å². The molecule has 0 aromatic heterocycles. The second-order valence-corrected chi connectivity index (χ2v) is 21.4. The molecule has 436 valence electrons. The molecule has 11 nitrogen and oxygen atoms in total. The zero-order chi connectivity index (χ0) is 54.5. The maximum atomic E-state index is 13.0. The molecule has 1 aliphatic heterocycles. The number of allylic oxidation sites excluding steroid dienone is 9. The number of unbranched alkanes of at least 4 members (excludes halogenated alkanes) is 31. The zero-order valence-electron chi connectivity index (χ0n) is 48.0. The molecule has 1 amide bonds. The molecule has 1 aliphatic rings. The molecule has 0 bridgehead atoms. The van der Waals surface area contributed by atoms with Gasteiger partial charge < -0.3 is 45.1 Å². The zero-order valence-corrected chi connectivity index (χ0v) is 48.0. The molecular weight excluding hydrogens is 943 g/mol. The van der Waals surface area contributed by atoms with Crippen LogP contribution in [0.5, 0.6) is 0 Å². The van der Waals surface area contributed by atoms with E-state index in [1.807, 2.05) is 6.08 Å². The van der Waals surface area contributed by atoms with E-state index in [9.17, 15) is 35.1 Å². The number of esters is 1. The summed E-state index contributed by atoms with van der Waals surface area (Å²) < 4.78 is 16.7. The van der Waals surface area contributed by atoms with Gasteiger partial charge in [-0.3, -0.25) is 9.59 Å². The van der Waals surface area contributed by atoms with Gasteiger partial charge in [-0.15, -0.1) is 0 Å². The molecule has 0 saturated carbocycles. The Balaban J connectivity index is 2.08. The van der Waals surface area contributed by atoms with E-state index < -0.39 is 49.5 Å². The van der Waals surface area contributed by atoms with Gasteiger partial charge in [-0.25, -0.2) is 0 Å². The number of rotatable bonds is 53. The van der Waals surface area contributed by atoms with Crippen LogP contribution in [0.2, 0.25) is 0 Å². The van der Waals surface area contributed by atoms with E-state index in [0.717, 1.165) is 89.9 Å². The fraction of sp³-hybridized carbons (Fsp3) is 0.812. The molecule has 1 saturated heterocycles. The topological polar surface area (TPSA) is 175 Å². The van der Waals surface area contributed by atoms with Crippen molar-refractivity contribution in [3.63, 3.8) is 0 Å². The first-order chi connectivity index (χ1) is 36.7. The van der Waals surface area contributed by atoms with Crippen LogP contribution in [-0.4, -0.2) is 100 Å². The maximum Gasteiger partial charge on any atom is 0.305 e. The number of nitrogens with one attached hydrogen (secondary N) is 1. The third-order valence-corrected chi connectivity index (χ3v) is 14.3. The number of hydrogen-bond acceptors (Lipinski definition) is 10. The standard InChI is InChI=1S/C64H115NO10/c1-3-5-7-9-11-13-15-30-34-38-42-46-50-57(67)56(55-74-64-63(72)62(71)61(70)58(54-66)75-64)65-59(68)51-47-43-39-35-31-28-26-24-22-20-18-17-19-21-23-25-27-29-33-37-41-45-49-53-73-60(69)52-48-44-40-36-32-16-14-12-10-8-6-4-2/h12,14,17,19-20,22,30,34,46,50,56-58,61-64,66-67,70-72H,3-11,13,15-16,18,21,23-29,31-33,35-45,47-49,51-55H2,1-2H3,(H,65,68)/b14-12-,19-17-,22-20-,34-30+,50-46+. The van der Waals surface area contributed by atoms with Crippen molar-refractivity contribution in [3.05, 3.63) is 60.8 Å². The van der Waals surface area contributed by atoms with Crippen molar-refractivity contribution >= 4 is 11.9 Å². The minimum Gasteiger partial charge on any atom is -0.466 e. The van der Waals surface area contributed by atoms with E-state index in [4.69, 9.17) is 14.2 Å². The molecule has 0 aromatic carbocycles. The Morgan fingerprint density at radius 2 is 0.907 bits per heavy atom. The van der Waals surface area contributed by atoms with E-state index in [2.05, 4.69) is 67.8 Å². The summed E-state index contributed by atoms with van der Waals surface area (Å²) in [4.78, 5) is 25.0.